The third kappa shape index (κ3) is 3.20. The van der Waals surface area contributed by atoms with E-state index in [-0.39, 0.29) is 11.2 Å². The second-order valence-electron chi connectivity index (χ2n) is 6.49. The van der Waals surface area contributed by atoms with E-state index in [1.807, 2.05) is 37.3 Å². The van der Waals surface area contributed by atoms with Gasteiger partial charge in [0.15, 0.2) is 0 Å². The lowest BCUT2D eigenvalue weighted by molar-refractivity contribution is 0.714. The summed E-state index contributed by atoms with van der Waals surface area (Å²) in [4.78, 5) is 26.3. The van der Waals surface area contributed by atoms with Gasteiger partial charge in [0.05, 0.1) is 23.1 Å². The second kappa shape index (κ2) is 6.89. The number of aryl methyl sites for hydroxylation is 1. The lowest BCUT2D eigenvalue weighted by Crippen LogP contribution is -2.39. The average molecular weight is 377 g/mol. The fraction of sp³-hybridized carbons (Fsp3) is 0.0909. The van der Waals surface area contributed by atoms with Crippen LogP contribution >= 0.6 is 11.6 Å². The molecule has 3 aromatic carbocycles. The molecule has 0 fully saturated rings. The van der Waals surface area contributed by atoms with Crippen molar-refractivity contribution in [2.75, 3.05) is 0 Å². The van der Waals surface area contributed by atoms with Gasteiger partial charge in [-0.2, -0.15) is 0 Å². The molecule has 0 aliphatic rings. The molecule has 0 spiro atoms. The lowest BCUT2D eigenvalue weighted by atomic mass is 10.1. The molecule has 0 atom stereocenters. The average Bonchev–Trinajstić information content (AvgIpc) is 2.67. The third-order valence-electron chi connectivity index (χ3n) is 4.58. The van der Waals surface area contributed by atoms with Gasteiger partial charge in [-0.3, -0.25) is 9.36 Å². The summed E-state index contributed by atoms with van der Waals surface area (Å²) >= 11 is 6.08. The first-order valence-corrected chi connectivity index (χ1v) is 8.98. The van der Waals surface area contributed by atoms with Crippen LogP contribution in [0.15, 0.2) is 82.4 Å². The van der Waals surface area contributed by atoms with Gasteiger partial charge >= 0.3 is 5.69 Å². The fourth-order valence-electron chi connectivity index (χ4n) is 3.19. The maximum absolute atomic E-state index is 13.3. The minimum Gasteiger partial charge on any atom is -0.288 e. The molecule has 0 radical (unpaired) electrons. The summed E-state index contributed by atoms with van der Waals surface area (Å²) in [5, 5.41) is 0.959. The number of benzene rings is 3. The van der Waals surface area contributed by atoms with Gasteiger partial charge in [-0.1, -0.05) is 59.6 Å². The van der Waals surface area contributed by atoms with E-state index in [0.29, 0.717) is 28.2 Å². The Kier molecular flexibility index (Phi) is 4.42. The Balaban J connectivity index is 2.01. The van der Waals surface area contributed by atoms with Crippen LogP contribution in [0, 0.1) is 6.92 Å². The maximum Gasteiger partial charge on any atom is 0.336 e. The number of rotatable bonds is 3. The molecule has 134 valence electrons. The smallest absolute Gasteiger partial charge is 0.288 e. The highest BCUT2D eigenvalue weighted by Gasteiger charge is 2.14. The molecule has 0 saturated heterocycles. The van der Waals surface area contributed by atoms with Crippen molar-refractivity contribution in [1.82, 2.24) is 9.13 Å². The van der Waals surface area contributed by atoms with Crippen LogP contribution in [0.5, 0.6) is 0 Å². The molecule has 0 unspecified atom stereocenters. The molecule has 0 amide bonds. The number of nitrogens with zero attached hydrogens (tertiary/aromatic N) is 2. The first-order chi connectivity index (χ1) is 13.0. The summed E-state index contributed by atoms with van der Waals surface area (Å²) in [6, 6.07) is 21.9. The van der Waals surface area contributed by atoms with E-state index in [9.17, 15) is 9.59 Å². The molecule has 1 aromatic heterocycles. The minimum atomic E-state index is -0.387. The Hall–Kier alpha value is -3.11. The largest absolute Gasteiger partial charge is 0.336 e. The molecule has 4 rings (SSSR count). The van der Waals surface area contributed by atoms with Crippen molar-refractivity contribution in [3.8, 4) is 5.69 Å². The van der Waals surface area contributed by atoms with Crippen molar-refractivity contribution in [1.29, 1.82) is 0 Å². The van der Waals surface area contributed by atoms with Crippen molar-refractivity contribution in [3.05, 3.63) is 110 Å². The third-order valence-corrected chi connectivity index (χ3v) is 4.81. The summed E-state index contributed by atoms with van der Waals surface area (Å²) in [5.41, 5.74) is 2.48. The van der Waals surface area contributed by atoms with Crippen LogP contribution in [0.25, 0.3) is 16.6 Å². The van der Waals surface area contributed by atoms with E-state index in [2.05, 4.69) is 0 Å². The van der Waals surface area contributed by atoms with Gasteiger partial charge in [0.25, 0.3) is 5.56 Å². The van der Waals surface area contributed by atoms with Gasteiger partial charge in [-0.15, -0.1) is 0 Å². The van der Waals surface area contributed by atoms with Crippen LogP contribution in [-0.4, -0.2) is 9.13 Å². The highest BCUT2D eigenvalue weighted by Crippen LogP contribution is 2.15. The molecule has 5 heteroatoms. The maximum atomic E-state index is 13.3. The zero-order valence-corrected chi connectivity index (χ0v) is 15.5. The van der Waals surface area contributed by atoms with E-state index in [1.54, 1.807) is 47.0 Å². The summed E-state index contributed by atoms with van der Waals surface area (Å²) in [6.07, 6.45) is 0. The highest BCUT2D eigenvalue weighted by molar-refractivity contribution is 6.30. The summed E-state index contributed by atoms with van der Waals surface area (Å²) in [6.45, 7) is 2.39. The van der Waals surface area contributed by atoms with Gasteiger partial charge in [-0.05, 0) is 42.8 Å². The Bertz CT molecular complexity index is 1250. The first-order valence-electron chi connectivity index (χ1n) is 8.61. The predicted molar refractivity (Wildman–Crippen MR) is 109 cm³/mol. The van der Waals surface area contributed by atoms with Crippen molar-refractivity contribution >= 4 is 22.5 Å². The molecule has 1 heterocycles. The van der Waals surface area contributed by atoms with Gasteiger partial charge in [0.2, 0.25) is 0 Å². The number of hydrogen-bond donors (Lipinski definition) is 0. The SMILES string of the molecule is Cc1ccc(Cn2c(=O)n(-c3cccc(Cl)c3)c(=O)c3ccccc32)cc1. The lowest BCUT2D eigenvalue weighted by Gasteiger charge is -2.14. The quantitative estimate of drug-likeness (QED) is 0.539. The van der Waals surface area contributed by atoms with E-state index in [4.69, 9.17) is 11.6 Å². The number of hydrogen-bond acceptors (Lipinski definition) is 2. The summed E-state index contributed by atoms with van der Waals surface area (Å²) in [5.74, 6) is 0. The number of aromatic nitrogens is 2. The van der Waals surface area contributed by atoms with Crippen LogP contribution in [0.1, 0.15) is 11.1 Å². The van der Waals surface area contributed by atoms with Gasteiger partial charge in [0, 0.05) is 5.02 Å². The van der Waals surface area contributed by atoms with Crippen molar-refractivity contribution in [2.24, 2.45) is 0 Å². The molecule has 4 aromatic rings. The molecule has 4 nitrogen and oxygen atoms in total. The molecule has 0 aliphatic heterocycles. The van der Waals surface area contributed by atoms with Gasteiger partial charge in [0.1, 0.15) is 0 Å². The molecule has 27 heavy (non-hydrogen) atoms. The van der Waals surface area contributed by atoms with Crippen molar-refractivity contribution < 1.29 is 0 Å². The molecule has 0 N–H and O–H groups in total. The van der Waals surface area contributed by atoms with E-state index < -0.39 is 0 Å². The Morgan fingerprint density at radius 2 is 1.63 bits per heavy atom. The van der Waals surface area contributed by atoms with Gasteiger partial charge in [-0.25, -0.2) is 9.36 Å². The minimum absolute atomic E-state index is 0.349. The summed E-state index contributed by atoms with van der Waals surface area (Å²) in [7, 11) is 0. The van der Waals surface area contributed by atoms with Crippen LogP contribution in [0.4, 0.5) is 0 Å². The van der Waals surface area contributed by atoms with Crippen LogP contribution in [-0.2, 0) is 6.54 Å². The zero-order valence-electron chi connectivity index (χ0n) is 14.7. The molecule has 0 bridgehead atoms. The van der Waals surface area contributed by atoms with Crippen LogP contribution in [0.2, 0.25) is 5.02 Å². The van der Waals surface area contributed by atoms with E-state index in [1.165, 1.54) is 4.57 Å². The summed E-state index contributed by atoms with van der Waals surface area (Å²) < 4.78 is 2.81. The molecule has 0 aliphatic carbocycles. The first kappa shape index (κ1) is 17.3. The topological polar surface area (TPSA) is 44.0 Å². The molecule has 0 saturated carbocycles. The number of halogens is 1. The predicted octanol–water partition coefficient (Wildman–Crippen LogP) is 4.16. The van der Waals surface area contributed by atoms with Crippen LogP contribution < -0.4 is 11.2 Å². The number of fused-ring (bicyclic) bond motifs is 1. The zero-order chi connectivity index (χ0) is 19.0. The molecular formula is C22H17ClN2O2. The Labute approximate surface area is 160 Å². The van der Waals surface area contributed by atoms with Crippen molar-refractivity contribution in [2.45, 2.75) is 13.5 Å². The fourth-order valence-corrected chi connectivity index (χ4v) is 3.38. The Morgan fingerprint density at radius 1 is 0.889 bits per heavy atom. The number of para-hydroxylation sites is 1. The molecular weight excluding hydrogens is 360 g/mol. The van der Waals surface area contributed by atoms with Gasteiger partial charge < -0.3 is 0 Å². The normalized spacial score (nSPS) is 11.0. The van der Waals surface area contributed by atoms with E-state index in [0.717, 1.165) is 11.1 Å². The van der Waals surface area contributed by atoms with Crippen molar-refractivity contribution in [3.63, 3.8) is 0 Å². The van der Waals surface area contributed by atoms with E-state index >= 15 is 0 Å². The monoisotopic (exact) mass is 376 g/mol. The second-order valence-corrected chi connectivity index (χ2v) is 6.93. The highest BCUT2D eigenvalue weighted by atomic mass is 35.5. The standard InChI is InChI=1S/C22H17ClN2O2/c1-15-9-11-16(12-10-15)14-24-20-8-3-2-7-19(20)21(26)25(22(24)27)18-6-4-5-17(23)13-18/h2-13H,14H2,1H3. The Morgan fingerprint density at radius 3 is 2.37 bits per heavy atom. The van der Waals surface area contributed by atoms with Crippen LogP contribution in [0.3, 0.4) is 0 Å².